The van der Waals surface area contributed by atoms with E-state index in [4.69, 9.17) is 4.74 Å². The zero-order chi connectivity index (χ0) is 21.8. The molecule has 1 aromatic heterocycles. The van der Waals surface area contributed by atoms with E-state index in [0.29, 0.717) is 34.0 Å². The van der Waals surface area contributed by atoms with Gasteiger partial charge in [0.25, 0.3) is 11.6 Å². The quantitative estimate of drug-likeness (QED) is 0.374. The maximum Gasteiger partial charge on any atom is 0.339 e. The number of nitrogens with zero attached hydrogens (tertiary/aromatic N) is 2. The van der Waals surface area contributed by atoms with Gasteiger partial charge >= 0.3 is 5.97 Å². The van der Waals surface area contributed by atoms with Crippen LogP contribution in [0.5, 0.6) is 0 Å². The Hall–Kier alpha value is -3.81. The number of nitro groups is 1. The predicted molar refractivity (Wildman–Crippen MR) is 113 cm³/mol. The van der Waals surface area contributed by atoms with Gasteiger partial charge in [-0.25, -0.2) is 4.79 Å². The third kappa shape index (κ3) is 4.12. The number of benzene rings is 2. The molecule has 2 aromatic carbocycles. The van der Waals surface area contributed by atoms with E-state index in [-0.39, 0.29) is 11.4 Å². The van der Waals surface area contributed by atoms with Crippen LogP contribution in [0, 0.1) is 24.0 Å². The number of para-hydroxylation sites is 2. The molecule has 0 saturated heterocycles. The molecular formula is C22H21N3O5. The Bertz CT molecular complexity index is 1160. The fourth-order valence-electron chi connectivity index (χ4n) is 3.31. The SMILES string of the molecule is CCc1nc2ccccc2c(C(=O)OCC(=O)Nc2c(C)cccc2[N+](=O)[O-])c1C. The number of rotatable bonds is 6. The normalized spacial score (nSPS) is 10.6. The Labute approximate surface area is 173 Å². The lowest BCUT2D eigenvalue weighted by molar-refractivity contribution is -0.384. The summed E-state index contributed by atoms with van der Waals surface area (Å²) in [5, 5.41) is 14.3. The summed E-state index contributed by atoms with van der Waals surface area (Å²) < 4.78 is 5.24. The molecule has 0 fully saturated rings. The number of aryl methyl sites for hydroxylation is 2. The van der Waals surface area contributed by atoms with Gasteiger partial charge in [-0.15, -0.1) is 0 Å². The lowest BCUT2D eigenvalue weighted by Crippen LogP contribution is -2.22. The van der Waals surface area contributed by atoms with Gasteiger partial charge in [0.05, 0.1) is 16.0 Å². The van der Waals surface area contributed by atoms with Crippen LogP contribution in [0.15, 0.2) is 42.5 Å². The number of fused-ring (bicyclic) bond motifs is 1. The maximum atomic E-state index is 12.8. The third-order valence-electron chi connectivity index (χ3n) is 4.82. The van der Waals surface area contributed by atoms with Crippen molar-refractivity contribution >= 4 is 34.2 Å². The van der Waals surface area contributed by atoms with E-state index in [0.717, 1.165) is 5.69 Å². The van der Waals surface area contributed by atoms with Gasteiger partial charge in [-0.05, 0) is 37.5 Å². The third-order valence-corrected chi connectivity index (χ3v) is 4.82. The summed E-state index contributed by atoms with van der Waals surface area (Å²) in [6, 6.07) is 11.7. The number of aromatic nitrogens is 1. The van der Waals surface area contributed by atoms with Crippen LogP contribution in [-0.2, 0) is 16.0 Å². The van der Waals surface area contributed by atoms with Crippen molar-refractivity contribution in [3.05, 3.63) is 75.0 Å². The van der Waals surface area contributed by atoms with Gasteiger partial charge in [-0.1, -0.05) is 37.3 Å². The summed E-state index contributed by atoms with van der Waals surface area (Å²) in [6.07, 6.45) is 0.647. The van der Waals surface area contributed by atoms with Gasteiger partial charge in [0.1, 0.15) is 5.69 Å². The van der Waals surface area contributed by atoms with E-state index in [9.17, 15) is 19.7 Å². The average molecular weight is 407 g/mol. The Morgan fingerprint density at radius 3 is 2.57 bits per heavy atom. The van der Waals surface area contributed by atoms with Crippen LogP contribution in [-0.4, -0.2) is 28.4 Å². The van der Waals surface area contributed by atoms with Gasteiger partial charge in [-0.3, -0.25) is 19.9 Å². The average Bonchev–Trinajstić information content (AvgIpc) is 2.72. The summed E-state index contributed by atoms with van der Waals surface area (Å²) in [5.41, 5.74) is 2.92. The highest BCUT2D eigenvalue weighted by Gasteiger charge is 2.21. The van der Waals surface area contributed by atoms with Crippen molar-refractivity contribution in [1.29, 1.82) is 0 Å². The molecule has 0 atom stereocenters. The van der Waals surface area contributed by atoms with Gasteiger partial charge in [0.2, 0.25) is 0 Å². The van der Waals surface area contributed by atoms with E-state index < -0.39 is 23.4 Å². The summed E-state index contributed by atoms with van der Waals surface area (Å²) in [4.78, 5) is 40.3. The van der Waals surface area contributed by atoms with Crippen molar-refractivity contribution < 1.29 is 19.2 Å². The molecule has 0 saturated carbocycles. The molecule has 0 aliphatic rings. The summed E-state index contributed by atoms with van der Waals surface area (Å²) >= 11 is 0. The number of carbonyl (C=O) groups excluding carboxylic acids is 2. The largest absolute Gasteiger partial charge is 0.452 e. The molecule has 3 aromatic rings. The topological polar surface area (TPSA) is 111 Å². The van der Waals surface area contributed by atoms with Crippen molar-refractivity contribution in [2.24, 2.45) is 0 Å². The van der Waals surface area contributed by atoms with Crippen LogP contribution in [0.4, 0.5) is 11.4 Å². The first-order valence-corrected chi connectivity index (χ1v) is 9.42. The van der Waals surface area contributed by atoms with E-state index in [1.54, 1.807) is 32.0 Å². The number of nitro benzene ring substituents is 1. The molecule has 8 nitrogen and oxygen atoms in total. The summed E-state index contributed by atoms with van der Waals surface area (Å²) in [5.74, 6) is -1.30. The molecule has 3 rings (SSSR count). The van der Waals surface area contributed by atoms with Crippen LogP contribution < -0.4 is 5.32 Å². The van der Waals surface area contributed by atoms with E-state index in [2.05, 4.69) is 10.3 Å². The van der Waals surface area contributed by atoms with Crippen molar-refractivity contribution in [3.8, 4) is 0 Å². The highest BCUT2D eigenvalue weighted by Crippen LogP contribution is 2.28. The molecule has 8 heteroatoms. The molecule has 0 bridgehead atoms. The standard InChI is InChI=1S/C22H21N3O5/c1-4-16-14(3)20(15-9-5-6-10-17(15)23-16)22(27)30-12-19(26)24-21-13(2)8-7-11-18(21)25(28)29/h5-11H,4,12H2,1-3H3,(H,24,26). The van der Waals surface area contributed by atoms with E-state index >= 15 is 0 Å². The van der Waals surface area contributed by atoms with Crippen LogP contribution in [0.25, 0.3) is 10.9 Å². The van der Waals surface area contributed by atoms with Crippen molar-refractivity contribution in [1.82, 2.24) is 4.98 Å². The summed E-state index contributed by atoms with van der Waals surface area (Å²) in [7, 11) is 0. The molecular weight excluding hydrogens is 386 g/mol. The minimum atomic E-state index is -0.660. The van der Waals surface area contributed by atoms with Gasteiger partial charge in [-0.2, -0.15) is 0 Å². The maximum absolute atomic E-state index is 12.8. The first kappa shape index (κ1) is 20.9. The first-order valence-electron chi connectivity index (χ1n) is 9.42. The Morgan fingerprint density at radius 1 is 1.13 bits per heavy atom. The molecule has 0 aliphatic heterocycles. The monoisotopic (exact) mass is 407 g/mol. The Morgan fingerprint density at radius 2 is 1.87 bits per heavy atom. The molecule has 30 heavy (non-hydrogen) atoms. The van der Waals surface area contributed by atoms with Crippen molar-refractivity contribution in [2.75, 3.05) is 11.9 Å². The lowest BCUT2D eigenvalue weighted by atomic mass is 10.0. The first-order chi connectivity index (χ1) is 14.3. The molecule has 0 spiro atoms. The molecule has 0 radical (unpaired) electrons. The van der Waals surface area contributed by atoms with E-state index in [1.807, 2.05) is 19.1 Å². The van der Waals surface area contributed by atoms with Crippen LogP contribution in [0.2, 0.25) is 0 Å². The van der Waals surface area contributed by atoms with Crippen LogP contribution in [0.1, 0.15) is 34.1 Å². The molecule has 154 valence electrons. The fraction of sp³-hybridized carbons (Fsp3) is 0.227. The molecule has 1 amide bonds. The lowest BCUT2D eigenvalue weighted by Gasteiger charge is -2.13. The summed E-state index contributed by atoms with van der Waals surface area (Å²) in [6.45, 7) is 4.82. The fourth-order valence-corrected chi connectivity index (χ4v) is 3.31. The van der Waals surface area contributed by atoms with Gasteiger partial charge in [0, 0.05) is 17.1 Å². The van der Waals surface area contributed by atoms with Crippen molar-refractivity contribution in [2.45, 2.75) is 27.2 Å². The number of hydrogen-bond acceptors (Lipinski definition) is 6. The number of amides is 1. The zero-order valence-corrected chi connectivity index (χ0v) is 16.9. The Balaban J connectivity index is 1.81. The zero-order valence-electron chi connectivity index (χ0n) is 16.9. The molecule has 1 N–H and O–H groups in total. The number of anilines is 1. The second-order valence-corrected chi connectivity index (χ2v) is 6.78. The number of carbonyl (C=O) groups is 2. The minimum Gasteiger partial charge on any atom is -0.452 e. The van der Waals surface area contributed by atoms with Crippen LogP contribution >= 0.6 is 0 Å². The molecule has 0 aliphatic carbocycles. The molecule has 1 heterocycles. The second-order valence-electron chi connectivity index (χ2n) is 6.78. The molecule has 0 unspecified atom stereocenters. The number of esters is 1. The van der Waals surface area contributed by atoms with Gasteiger partial charge in [0.15, 0.2) is 6.61 Å². The number of ether oxygens (including phenoxy) is 1. The highest BCUT2D eigenvalue weighted by molar-refractivity contribution is 6.06. The Kier molecular flexibility index (Phi) is 6.06. The number of pyridine rings is 1. The predicted octanol–water partition coefficient (Wildman–Crippen LogP) is 4.12. The number of nitrogens with one attached hydrogen (secondary N) is 1. The van der Waals surface area contributed by atoms with Crippen LogP contribution in [0.3, 0.4) is 0 Å². The van der Waals surface area contributed by atoms with E-state index in [1.165, 1.54) is 12.1 Å². The highest BCUT2D eigenvalue weighted by atomic mass is 16.6. The minimum absolute atomic E-state index is 0.0855. The second kappa shape index (κ2) is 8.69. The van der Waals surface area contributed by atoms with Crippen molar-refractivity contribution in [3.63, 3.8) is 0 Å². The van der Waals surface area contributed by atoms with Gasteiger partial charge < -0.3 is 10.1 Å². The smallest absolute Gasteiger partial charge is 0.339 e. The number of hydrogen-bond donors (Lipinski definition) is 1.